The number of amides is 1. The Hall–Kier alpha value is -2.32. The molecule has 2 saturated heterocycles. The van der Waals surface area contributed by atoms with Gasteiger partial charge in [-0.15, -0.1) is 0 Å². The number of aliphatic hydroxyl groups is 1. The van der Waals surface area contributed by atoms with Crippen LogP contribution in [0.5, 0.6) is 5.88 Å². The van der Waals surface area contributed by atoms with E-state index in [2.05, 4.69) is 15.0 Å². The van der Waals surface area contributed by atoms with Gasteiger partial charge in [0, 0.05) is 44.3 Å². The number of carbonyl (C=O) groups is 1. The quantitative estimate of drug-likeness (QED) is 0.849. The van der Waals surface area contributed by atoms with E-state index in [4.69, 9.17) is 9.47 Å². The lowest BCUT2D eigenvalue weighted by Crippen LogP contribution is -2.34. The van der Waals surface area contributed by atoms with Crippen LogP contribution in [0.1, 0.15) is 43.4 Å². The molecule has 8 nitrogen and oxygen atoms in total. The molecule has 28 heavy (non-hydrogen) atoms. The van der Waals surface area contributed by atoms with Crippen molar-refractivity contribution in [3.63, 3.8) is 0 Å². The van der Waals surface area contributed by atoms with Crippen molar-refractivity contribution in [2.45, 2.75) is 44.1 Å². The summed E-state index contributed by atoms with van der Waals surface area (Å²) in [6.45, 7) is 4.14. The van der Waals surface area contributed by atoms with Crippen LogP contribution in [0, 0.1) is 0 Å². The molecule has 4 heterocycles. The highest BCUT2D eigenvalue weighted by molar-refractivity contribution is 5.84. The number of β-amino-alcohol motifs (C(OH)–C–C–N with tert-alkyl or cyclic N) is 1. The molecular formula is C20H26N4O4. The predicted molar refractivity (Wildman–Crippen MR) is 102 cm³/mol. The molecule has 1 amide bonds. The molecule has 2 fully saturated rings. The molecule has 2 aliphatic heterocycles. The third-order valence-corrected chi connectivity index (χ3v) is 5.61. The number of carbonyl (C=O) groups excluding carboxylic acids is 1. The largest absolute Gasteiger partial charge is 0.479 e. The average molecular weight is 386 g/mol. The number of hydrogen-bond donors (Lipinski definition) is 1. The molecule has 8 heteroatoms. The van der Waals surface area contributed by atoms with Gasteiger partial charge in [0.05, 0.1) is 30.3 Å². The minimum atomic E-state index is -0.809. The van der Waals surface area contributed by atoms with Crippen LogP contribution in [0.2, 0.25) is 0 Å². The van der Waals surface area contributed by atoms with Crippen LogP contribution < -0.4 is 4.74 Å². The Kier molecular flexibility index (Phi) is 5.16. The minimum Gasteiger partial charge on any atom is -0.479 e. The average Bonchev–Trinajstić information content (AvgIpc) is 3.07. The molecule has 2 aliphatic rings. The second kappa shape index (κ2) is 7.60. The van der Waals surface area contributed by atoms with Crippen LogP contribution in [0.15, 0.2) is 12.4 Å². The van der Waals surface area contributed by atoms with Crippen molar-refractivity contribution in [3.8, 4) is 5.88 Å². The number of ether oxygens (including phenoxy) is 2. The van der Waals surface area contributed by atoms with Crippen LogP contribution in [0.4, 0.5) is 0 Å². The van der Waals surface area contributed by atoms with Crippen molar-refractivity contribution < 1.29 is 19.4 Å². The fraction of sp³-hybridized carbons (Fsp3) is 0.600. The first-order valence-electron chi connectivity index (χ1n) is 9.73. The van der Waals surface area contributed by atoms with E-state index in [0.717, 1.165) is 37.1 Å². The van der Waals surface area contributed by atoms with E-state index in [0.29, 0.717) is 42.5 Å². The third-order valence-electron chi connectivity index (χ3n) is 5.61. The van der Waals surface area contributed by atoms with Crippen LogP contribution >= 0.6 is 0 Å². The van der Waals surface area contributed by atoms with E-state index in [-0.39, 0.29) is 12.3 Å². The molecule has 1 N–H and O–H groups in total. The fourth-order valence-corrected chi connectivity index (χ4v) is 4.00. The maximum absolute atomic E-state index is 12.6. The number of aromatic nitrogens is 3. The highest BCUT2D eigenvalue weighted by atomic mass is 16.5. The van der Waals surface area contributed by atoms with Gasteiger partial charge in [-0.1, -0.05) is 0 Å². The van der Waals surface area contributed by atoms with Gasteiger partial charge in [-0.25, -0.2) is 9.97 Å². The Balaban J connectivity index is 1.61. The number of nitrogens with zero attached hydrogens (tertiary/aromatic N) is 4. The Morgan fingerprint density at radius 1 is 1.32 bits per heavy atom. The third kappa shape index (κ3) is 3.79. The van der Waals surface area contributed by atoms with E-state index in [9.17, 15) is 9.90 Å². The second-order valence-electron chi connectivity index (χ2n) is 7.91. The first-order valence-corrected chi connectivity index (χ1v) is 9.73. The zero-order chi connectivity index (χ0) is 19.7. The summed E-state index contributed by atoms with van der Waals surface area (Å²) < 4.78 is 10.9. The van der Waals surface area contributed by atoms with Crippen LogP contribution in [0.25, 0.3) is 11.0 Å². The maximum atomic E-state index is 12.6. The summed E-state index contributed by atoms with van der Waals surface area (Å²) >= 11 is 0. The molecular weight excluding hydrogens is 360 g/mol. The summed E-state index contributed by atoms with van der Waals surface area (Å²) in [4.78, 5) is 28.0. The molecule has 150 valence electrons. The van der Waals surface area contributed by atoms with Gasteiger partial charge in [-0.3, -0.25) is 9.78 Å². The van der Waals surface area contributed by atoms with Crippen molar-refractivity contribution in [1.29, 1.82) is 0 Å². The van der Waals surface area contributed by atoms with Crippen molar-refractivity contribution in [3.05, 3.63) is 23.7 Å². The number of hydrogen-bond acceptors (Lipinski definition) is 7. The molecule has 0 spiro atoms. The first kappa shape index (κ1) is 19.0. The molecule has 0 saturated carbocycles. The highest BCUT2D eigenvalue weighted by Gasteiger charge is 2.34. The molecule has 0 aromatic carbocycles. The topological polar surface area (TPSA) is 97.7 Å². The lowest BCUT2D eigenvalue weighted by Gasteiger charge is -2.23. The number of methoxy groups -OCH3 is 1. The molecule has 0 radical (unpaired) electrons. The number of likely N-dealkylation sites (tertiary alicyclic amines) is 1. The van der Waals surface area contributed by atoms with Gasteiger partial charge >= 0.3 is 0 Å². The first-order chi connectivity index (χ1) is 13.5. The summed E-state index contributed by atoms with van der Waals surface area (Å²) in [6, 6.07) is 0. The van der Waals surface area contributed by atoms with E-state index in [1.807, 2.05) is 6.20 Å². The second-order valence-corrected chi connectivity index (χ2v) is 7.91. The van der Waals surface area contributed by atoms with Gasteiger partial charge in [0.25, 0.3) is 0 Å². The van der Waals surface area contributed by atoms with Gasteiger partial charge in [-0.2, -0.15) is 0 Å². The van der Waals surface area contributed by atoms with Gasteiger partial charge in [0.1, 0.15) is 0 Å². The molecule has 0 aliphatic carbocycles. The zero-order valence-electron chi connectivity index (χ0n) is 16.3. The fourth-order valence-electron chi connectivity index (χ4n) is 4.00. The monoisotopic (exact) mass is 386 g/mol. The number of rotatable bonds is 4. The summed E-state index contributed by atoms with van der Waals surface area (Å²) in [5, 5.41) is 10.1. The van der Waals surface area contributed by atoms with Gasteiger partial charge in [-0.05, 0) is 32.1 Å². The molecule has 2 aromatic rings. The van der Waals surface area contributed by atoms with E-state index in [1.54, 1.807) is 25.1 Å². The van der Waals surface area contributed by atoms with Crippen LogP contribution in [-0.4, -0.2) is 69.9 Å². The molecule has 1 unspecified atom stereocenters. The van der Waals surface area contributed by atoms with Gasteiger partial charge in [0.15, 0.2) is 5.52 Å². The van der Waals surface area contributed by atoms with E-state index in [1.165, 1.54) is 0 Å². The smallest absolute Gasteiger partial charge is 0.241 e. The molecule has 0 bridgehead atoms. The Morgan fingerprint density at radius 3 is 2.79 bits per heavy atom. The lowest BCUT2D eigenvalue weighted by molar-refractivity contribution is -0.130. The number of fused-ring (bicyclic) bond motifs is 1. The Morgan fingerprint density at radius 2 is 2.11 bits per heavy atom. The van der Waals surface area contributed by atoms with E-state index >= 15 is 0 Å². The Labute approximate surface area is 163 Å². The van der Waals surface area contributed by atoms with Crippen molar-refractivity contribution in [2.75, 3.05) is 33.4 Å². The molecule has 2 aromatic heterocycles. The predicted octanol–water partition coefficient (Wildman–Crippen LogP) is 1.45. The summed E-state index contributed by atoms with van der Waals surface area (Å²) in [7, 11) is 1.56. The van der Waals surface area contributed by atoms with Crippen molar-refractivity contribution >= 4 is 16.9 Å². The van der Waals surface area contributed by atoms with Crippen LogP contribution in [-0.2, 0) is 16.0 Å². The zero-order valence-corrected chi connectivity index (χ0v) is 16.3. The van der Waals surface area contributed by atoms with Crippen LogP contribution in [0.3, 0.4) is 0 Å². The van der Waals surface area contributed by atoms with Gasteiger partial charge < -0.3 is 19.5 Å². The minimum absolute atomic E-state index is 0.0565. The lowest BCUT2D eigenvalue weighted by atomic mass is 9.92. The van der Waals surface area contributed by atoms with Crippen molar-refractivity contribution in [1.82, 2.24) is 19.9 Å². The summed E-state index contributed by atoms with van der Waals surface area (Å²) in [6.07, 6.45) is 6.08. The standard InChI is InChI=1S/C20H26N4O4/c1-20(26)5-6-24(12-20)16(25)9-14-10-21-17-15(13-3-7-28-8-4-13)11-22-19(27-2)18(17)23-14/h10-11,13,26H,3-9,12H2,1-2H3. The highest BCUT2D eigenvalue weighted by Crippen LogP contribution is 2.33. The summed E-state index contributed by atoms with van der Waals surface area (Å²) in [5.41, 5.74) is 2.19. The van der Waals surface area contributed by atoms with Crippen molar-refractivity contribution in [2.24, 2.45) is 0 Å². The maximum Gasteiger partial charge on any atom is 0.241 e. The molecule has 4 rings (SSSR count). The van der Waals surface area contributed by atoms with E-state index < -0.39 is 5.60 Å². The Bertz CT molecular complexity index is 880. The van der Waals surface area contributed by atoms with Gasteiger partial charge in [0.2, 0.25) is 11.8 Å². The molecule has 1 atom stereocenters. The SMILES string of the molecule is COc1ncc(C2CCOCC2)c2ncc(CC(=O)N3CCC(C)(O)C3)nc12. The normalized spacial score (nSPS) is 23.3. The number of pyridine rings is 1. The summed E-state index contributed by atoms with van der Waals surface area (Å²) in [5.74, 6) is 0.693.